The van der Waals surface area contributed by atoms with Crippen LogP contribution in [0.2, 0.25) is 5.02 Å². The van der Waals surface area contributed by atoms with E-state index in [4.69, 9.17) is 34.8 Å². The number of anilines is 1. The SMILES string of the molecule is O=P(N=C=S)(Nc1ccc(Cl)cc1)N(CCCl)CCCl. The molecule has 0 aromatic heterocycles. The molecule has 0 aliphatic carbocycles. The fraction of sp³-hybridized carbons (Fsp3) is 0.364. The molecule has 1 unspecified atom stereocenters. The second-order valence-corrected chi connectivity index (χ2v) is 7.14. The lowest BCUT2D eigenvalue weighted by molar-refractivity contribution is 0.451. The van der Waals surface area contributed by atoms with Crippen LogP contribution in [0.4, 0.5) is 5.69 Å². The van der Waals surface area contributed by atoms with Gasteiger partial charge in [0.2, 0.25) is 0 Å². The third kappa shape index (κ3) is 5.34. The summed E-state index contributed by atoms with van der Waals surface area (Å²) in [7, 11) is -3.32. The van der Waals surface area contributed by atoms with Crippen LogP contribution in [0.1, 0.15) is 0 Å². The monoisotopic (exact) mass is 371 g/mol. The van der Waals surface area contributed by atoms with E-state index in [0.29, 0.717) is 35.6 Å². The highest BCUT2D eigenvalue weighted by Crippen LogP contribution is 2.50. The molecule has 0 aliphatic rings. The highest BCUT2D eigenvalue weighted by molar-refractivity contribution is 7.78. The zero-order valence-corrected chi connectivity index (χ0v) is 14.4. The van der Waals surface area contributed by atoms with Crippen LogP contribution in [0.25, 0.3) is 0 Å². The molecule has 0 amide bonds. The summed E-state index contributed by atoms with van der Waals surface area (Å²) < 4.78 is 18.3. The molecule has 0 saturated heterocycles. The first-order chi connectivity index (χ1) is 9.55. The number of hydrogen-bond acceptors (Lipinski definition) is 2. The largest absolute Gasteiger partial charge is 0.360 e. The Balaban J connectivity index is 3.03. The molecule has 9 heteroatoms. The first kappa shape index (κ1) is 17.9. The molecule has 0 radical (unpaired) electrons. The maximum atomic E-state index is 12.9. The van der Waals surface area contributed by atoms with Crippen LogP contribution in [0, 0.1) is 0 Å². The van der Waals surface area contributed by atoms with Gasteiger partial charge in [-0.3, -0.25) is 4.57 Å². The minimum Gasteiger partial charge on any atom is -0.306 e. The standard InChI is InChI=1S/C11H13Cl3N3OPS/c12-5-7-17(8-6-13)19(18,15-9-20)16-11-3-1-10(14)2-4-11/h1-4H,5-8H2,(H,16,18). The predicted molar refractivity (Wildman–Crippen MR) is 90.7 cm³/mol. The molecule has 1 rings (SSSR count). The third-order valence-corrected chi connectivity index (χ3v) is 5.27. The first-order valence-electron chi connectivity index (χ1n) is 5.66. The summed E-state index contributed by atoms with van der Waals surface area (Å²) in [5.41, 5.74) is 0.612. The molecule has 1 N–H and O–H groups in total. The van der Waals surface area contributed by atoms with E-state index in [9.17, 15) is 4.57 Å². The van der Waals surface area contributed by atoms with Gasteiger partial charge in [-0.15, -0.1) is 28.0 Å². The lowest BCUT2D eigenvalue weighted by atomic mass is 10.3. The fourth-order valence-corrected chi connectivity index (χ4v) is 4.24. The predicted octanol–water partition coefficient (Wildman–Crippen LogP) is 4.74. The molecular weight excluding hydrogens is 360 g/mol. The van der Waals surface area contributed by atoms with Gasteiger partial charge in [-0.25, -0.2) is 4.67 Å². The summed E-state index contributed by atoms with van der Waals surface area (Å²) in [5.74, 6) is 0.603. The van der Waals surface area contributed by atoms with E-state index in [1.807, 2.05) is 0 Å². The maximum absolute atomic E-state index is 12.9. The van der Waals surface area contributed by atoms with Crippen LogP contribution in [-0.2, 0) is 4.57 Å². The minimum atomic E-state index is -3.32. The van der Waals surface area contributed by atoms with Crippen LogP contribution in [0.15, 0.2) is 29.0 Å². The molecule has 110 valence electrons. The fourth-order valence-electron chi connectivity index (χ4n) is 1.48. The van der Waals surface area contributed by atoms with E-state index in [2.05, 4.69) is 27.2 Å². The number of nitrogens with zero attached hydrogens (tertiary/aromatic N) is 2. The van der Waals surface area contributed by atoms with E-state index in [-0.39, 0.29) is 0 Å². The first-order valence-corrected chi connectivity index (χ1v) is 9.13. The zero-order chi connectivity index (χ0) is 15.0. The average Bonchev–Trinajstić information content (AvgIpc) is 2.41. The van der Waals surface area contributed by atoms with Crippen molar-refractivity contribution in [3.05, 3.63) is 29.3 Å². The van der Waals surface area contributed by atoms with E-state index in [1.165, 1.54) is 0 Å². The summed E-state index contributed by atoms with van der Waals surface area (Å²) in [6.07, 6.45) is 0. The number of alkyl halides is 2. The number of halogens is 3. The Kier molecular flexibility index (Phi) is 8.08. The van der Waals surface area contributed by atoms with Crippen LogP contribution in [0.3, 0.4) is 0 Å². The average molecular weight is 373 g/mol. The number of isothiocyanates is 1. The van der Waals surface area contributed by atoms with Gasteiger partial charge < -0.3 is 5.09 Å². The van der Waals surface area contributed by atoms with Crippen molar-refractivity contribution >= 4 is 65.5 Å². The Morgan fingerprint density at radius 2 is 1.80 bits per heavy atom. The topological polar surface area (TPSA) is 44.7 Å². The van der Waals surface area contributed by atoms with Crippen molar-refractivity contribution in [2.24, 2.45) is 4.76 Å². The van der Waals surface area contributed by atoms with Crippen LogP contribution in [-0.4, -0.2) is 34.7 Å². The van der Waals surface area contributed by atoms with E-state index in [0.717, 1.165) is 0 Å². The van der Waals surface area contributed by atoms with E-state index < -0.39 is 7.59 Å². The van der Waals surface area contributed by atoms with Gasteiger partial charge in [0.1, 0.15) is 0 Å². The molecule has 20 heavy (non-hydrogen) atoms. The Labute approximate surface area is 138 Å². The second-order valence-electron chi connectivity index (χ2n) is 3.69. The van der Waals surface area contributed by atoms with E-state index in [1.54, 1.807) is 28.9 Å². The van der Waals surface area contributed by atoms with Crippen molar-refractivity contribution in [1.29, 1.82) is 0 Å². The van der Waals surface area contributed by atoms with Crippen molar-refractivity contribution in [3.8, 4) is 0 Å². The lowest BCUT2D eigenvalue weighted by Gasteiger charge is -2.27. The molecule has 0 heterocycles. The molecule has 0 bridgehead atoms. The quantitative estimate of drug-likeness (QED) is 0.310. The van der Waals surface area contributed by atoms with Gasteiger partial charge in [-0.05, 0) is 36.5 Å². The van der Waals surface area contributed by atoms with Gasteiger partial charge in [-0.1, -0.05) is 11.6 Å². The molecule has 1 aromatic rings. The Morgan fingerprint density at radius 3 is 2.25 bits per heavy atom. The minimum absolute atomic E-state index is 0.302. The molecule has 0 saturated carbocycles. The van der Waals surface area contributed by atoms with Gasteiger partial charge in [0, 0.05) is 35.6 Å². The Hall–Kier alpha value is -0.120. The summed E-state index contributed by atoms with van der Waals surface area (Å²) in [6, 6.07) is 6.77. The number of hydrogen-bond donors (Lipinski definition) is 1. The van der Waals surface area contributed by atoms with Crippen LogP contribution in [0.5, 0.6) is 0 Å². The van der Waals surface area contributed by atoms with Gasteiger partial charge >= 0.3 is 7.59 Å². The Bertz CT molecular complexity index is 516. The van der Waals surface area contributed by atoms with Crippen molar-refractivity contribution in [2.75, 3.05) is 29.9 Å². The summed E-state index contributed by atoms with van der Waals surface area (Å²) in [6.45, 7) is 0.735. The van der Waals surface area contributed by atoms with Crippen molar-refractivity contribution in [3.63, 3.8) is 0 Å². The van der Waals surface area contributed by atoms with Crippen molar-refractivity contribution in [1.82, 2.24) is 4.67 Å². The van der Waals surface area contributed by atoms with Crippen LogP contribution < -0.4 is 5.09 Å². The van der Waals surface area contributed by atoms with Crippen molar-refractivity contribution in [2.45, 2.75) is 0 Å². The molecular formula is C11H13Cl3N3OPS. The molecule has 1 aromatic carbocycles. The van der Waals surface area contributed by atoms with Crippen LogP contribution >= 0.6 is 54.6 Å². The highest BCUT2D eigenvalue weighted by atomic mass is 35.5. The summed E-state index contributed by atoms with van der Waals surface area (Å²) in [4.78, 5) is 0. The van der Waals surface area contributed by atoms with Gasteiger partial charge in [0.25, 0.3) is 0 Å². The normalized spacial score (nSPS) is 13.6. The maximum Gasteiger partial charge on any atom is 0.360 e. The zero-order valence-electron chi connectivity index (χ0n) is 10.4. The smallest absolute Gasteiger partial charge is 0.306 e. The molecule has 0 fully saturated rings. The lowest BCUT2D eigenvalue weighted by Crippen LogP contribution is -2.27. The highest BCUT2D eigenvalue weighted by Gasteiger charge is 2.29. The molecule has 0 aliphatic heterocycles. The van der Waals surface area contributed by atoms with Crippen molar-refractivity contribution < 1.29 is 4.57 Å². The van der Waals surface area contributed by atoms with Gasteiger partial charge in [-0.2, -0.15) is 0 Å². The molecule has 0 spiro atoms. The number of thiocarbonyl (C=S) groups is 1. The number of rotatable bonds is 8. The Morgan fingerprint density at radius 1 is 1.25 bits per heavy atom. The molecule has 4 nitrogen and oxygen atoms in total. The third-order valence-electron chi connectivity index (χ3n) is 2.36. The number of benzene rings is 1. The van der Waals surface area contributed by atoms with E-state index >= 15 is 0 Å². The van der Waals surface area contributed by atoms with Gasteiger partial charge in [0.05, 0.1) is 5.16 Å². The number of nitrogens with one attached hydrogen (secondary N) is 1. The molecule has 1 atom stereocenters. The summed E-state index contributed by atoms with van der Waals surface area (Å²) in [5, 5.41) is 5.61. The van der Waals surface area contributed by atoms with Gasteiger partial charge in [0.15, 0.2) is 0 Å². The second kappa shape index (κ2) is 9.01. The summed E-state index contributed by atoms with van der Waals surface area (Å²) >= 11 is 21.8.